The van der Waals surface area contributed by atoms with Gasteiger partial charge in [0.2, 0.25) is 5.91 Å². The van der Waals surface area contributed by atoms with Crippen LogP contribution in [0.5, 0.6) is 0 Å². The first-order valence-electron chi connectivity index (χ1n) is 10.5. The van der Waals surface area contributed by atoms with E-state index in [9.17, 15) is 4.79 Å². The number of aromatic nitrogens is 1. The van der Waals surface area contributed by atoms with E-state index in [-0.39, 0.29) is 11.2 Å². The highest BCUT2D eigenvalue weighted by Gasteiger charge is 2.18. The maximum absolute atomic E-state index is 12.8. The molecule has 0 saturated carbocycles. The number of nitrogens with zero attached hydrogens (tertiary/aromatic N) is 2. The fourth-order valence-electron chi connectivity index (χ4n) is 3.53. The van der Waals surface area contributed by atoms with E-state index in [4.69, 9.17) is 4.98 Å². The van der Waals surface area contributed by atoms with Crippen molar-refractivity contribution in [1.29, 1.82) is 0 Å². The van der Waals surface area contributed by atoms with Crippen LogP contribution in [0.15, 0.2) is 68.4 Å². The number of hydrogen-bond donors (Lipinski definition) is 1. The maximum Gasteiger partial charge on any atom is 0.237 e. The summed E-state index contributed by atoms with van der Waals surface area (Å²) in [5.41, 5.74) is 7.09. The summed E-state index contributed by atoms with van der Waals surface area (Å²) in [7, 11) is 0. The van der Waals surface area contributed by atoms with Crippen LogP contribution >= 0.6 is 39.0 Å². The fourth-order valence-corrected chi connectivity index (χ4v) is 6.04. The summed E-state index contributed by atoms with van der Waals surface area (Å²) < 4.78 is 2.97. The molecular formula is C26H24BrN3OS2. The van der Waals surface area contributed by atoms with E-state index in [2.05, 4.69) is 45.3 Å². The van der Waals surface area contributed by atoms with Crippen LogP contribution in [-0.2, 0) is 4.79 Å². The molecule has 0 radical (unpaired) electrons. The van der Waals surface area contributed by atoms with Crippen LogP contribution < -0.4 is 5.32 Å². The molecule has 1 atom stereocenters. The molecule has 33 heavy (non-hydrogen) atoms. The Hall–Kier alpha value is -2.48. The maximum atomic E-state index is 12.8. The van der Waals surface area contributed by atoms with Gasteiger partial charge in [0, 0.05) is 16.4 Å². The predicted octanol–water partition coefficient (Wildman–Crippen LogP) is 7.85. The molecule has 4 rings (SSSR count). The Bertz CT molecular complexity index is 1320. The standard InChI is InChI=1S/C26H24BrN3OS2/c1-15-11-16(2)24(17(3)12-15)30-25(31)18(4)32-26-29-22-10-9-21(13-23(22)33-26)28-14-19-5-7-20(27)8-6-19/h5-14,18H,1-4H3,(H,30,31)/t18-/m1/s1. The van der Waals surface area contributed by atoms with E-state index >= 15 is 0 Å². The van der Waals surface area contributed by atoms with Crippen LogP contribution in [0.25, 0.3) is 10.2 Å². The summed E-state index contributed by atoms with van der Waals surface area (Å²) in [6, 6.07) is 18.2. The lowest BCUT2D eigenvalue weighted by atomic mass is 10.1. The Morgan fingerprint density at radius 2 is 1.79 bits per heavy atom. The molecule has 1 heterocycles. The van der Waals surface area contributed by atoms with Crippen molar-refractivity contribution in [3.8, 4) is 0 Å². The van der Waals surface area contributed by atoms with Crippen LogP contribution in [-0.4, -0.2) is 22.4 Å². The van der Waals surface area contributed by atoms with Gasteiger partial charge in [-0.1, -0.05) is 57.5 Å². The molecule has 0 fully saturated rings. The number of aryl methyl sites for hydroxylation is 3. The number of rotatable bonds is 6. The van der Waals surface area contributed by atoms with Gasteiger partial charge in [-0.25, -0.2) is 4.98 Å². The first kappa shape index (κ1) is 23.7. The first-order chi connectivity index (χ1) is 15.8. The van der Waals surface area contributed by atoms with Gasteiger partial charge in [0.05, 0.1) is 21.2 Å². The minimum Gasteiger partial charge on any atom is -0.325 e. The Morgan fingerprint density at radius 1 is 1.09 bits per heavy atom. The predicted molar refractivity (Wildman–Crippen MR) is 146 cm³/mol. The van der Waals surface area contributed by atoms with Gasteiger partial charge < -0.3 is 5.32 Å². The normalized spacial score (nSPS) is 12.4. The van der Waals surface area contributed by atoms with Crippen LogP contribution in [0.1, 0.15) is 29.2 Å². The number of carbonyl (C=O) groups excluding carboxylic acids is 1. The van der Waals surface area contributed by atoms with Gasteiger partial charge in [0.15, 0.2) is 4.34 Å². The lowest BCUT2D eigenvalue weighted by molar-refractivity contribution is -0.115. The molecule has 0 aliphatic heterocycles. The first-order valence-corrected chi connectivity index (χ1v) is 13.0. The van der Waals surface area contributed by atoms with Crippen LogP contribution in [0, 0.1) is 20.8 Å². The number of halogens is 1. The van der Waals surface area contributed by atoms with Crippen molar-refractivity contribution in [2.75, 3.05) is 5.32 Å². The number of aliphatic imine (C=N–C) groups is 1. The van der Waals surface area contributed by atoms with E-state index in [0.29, 0.717) is 0 Å². The summed E-state index contributed by atoms with van der Waals surface area (Å²) in [5, 5.41) is 2.84. The molecule has 0 aliphatic carbocycles. The van der Waals surface area contributed by atoms with Gasteiger partial charge in [0.25, 0.3) is 0 Å². The second kappa shape index (κ2) is 10.2. The Labute approximate surface area is 210 Å². The molecular weight excluding hydrogens is 514 g/mol. The molecule has 0 saturated heterocycles. The van der Waals surface area contributed by atoms with Crippen LogP contribution in [0.2, 0.25) is 0 Å². The lowest BCUT2D eigenvalue weighted by Gasteiger charge is -2.15. The van der Waals surface area contributed by atoms with Crippen molar-refractivity contribution in [1.82, 2.24) is 4.98 Å². The van der Waals surface area contributed by atoms with Crippen molar-refractivity contribution in [3.63, 3.8) is 0 Å². The lowest BCUT2D eigenvalue weighted by Crippen LogP contribution is -2.23. The smallest absolute Gasteiger partial charge is 0.237 e. The van der Waals surface area contributed by atoms with Gasteiger partial charge in [0.1, 0.15) is 0 Å². The molecule has 168 valence electrons. The Kier molecular flexibility index (Phi) is 7.32. The fraction of sp³-hybridized carbons (Fsp3) is 0.192. The molecule has 4 nitrogen and oxygen atoms in total. The third-order valence-electron chi connectivity index (χ3n) is 5.16. The summed E-state index contributed by atoms with van der Waals surface area (Å²) in [6.45, 7) is 8.03. The number of nitrogens with one attached hydrogen (secondary N) is 1. The highest BCUT2D eigenvalue weighted by atomic mass is 79.9. The highest BCUT2D eigenvalue weighted by molar-refractivity contribution is 9.10. The van der Waals surface area contributed by atoms with Crippen LogP contribution in [0.4, 0.5) is 11.4 Å². The summed E-state index contributed by atoms with van der Waals surface area (Å²) in [5.74, 6) is -0.0194. The third-order valence-corrected chi connectivity index (χ3v) is 7.90. The van der Waals surface area contributed by atoms with Gasteiger partial charge in [-0.2, -0.15) is 0 Å². The molecule has 0 bridgehead atoms. The van der Waals surface area contributed by atoms with Crippen molar-refractivity contribution in [2.45, 2.75) is 37.3 Å². The Morgan fingerprint density at radius 3 is 2.48 bits per heavy atom. The molecule has 3 aromatic carbocycles. The number of carbonyl (C=O) groups is 1. The number of thioether (sulfide) groups is 1. The van der Waals surface area contributed by atoms with Crippen molar-refractivity contribution in [2.24, 2.45) is 4.99 Å². The average Bonchev–Trinajstić information content (AvgIpc) is 3.17. The summed E-state index contributed by atoms with van der Waals surface area (Å²) >= 11 is 6.51. The minimum absolute atomic E-state index is 0.0194. The second-order valence-electron chi connectivity index (χ2n) is 7.96. The average molecular weight is 539 g/mol. The van der Waals surface area contributed by atoms with Crippen molar-refractivity contribution >= 4 is 72.7 Å². The van der Waals surface area contributed by atoms with Gasteiger partial charge in [-0.15, -0.1) is 11.3 Å². The monoisotopic (exact) mass is 537 g/mol. The molecule has 7 heteroatoms. The molecule has 4 aromatic rings. The second-order valence-corrected chi connectivity index (χ2v) is 11.5. The van der Waals surface area contributed by atoms with E-state index in [1.54, 1.807) is 11.3 Å². The number of thiazole rings is 1. The highest BCUT2D eigenvalue weighted by Crippen LogP contribution is 2.34. The summed E-state index contributed by atoms with van der Waals surface area (Å²) in [6.07, 6.45) is 1.85. The zero-order valence-corrected chi connectivity index (χ0v) is 22.1. The minimum atomic E-state index is -0.263. The van der Waals surface area contributed by atoms with Crippen LogP contribution in [0.3, 0.4) is 0 Å². The molecule has 1 N–H and O–H groups in total. The van der Waals surface area contributed by atoms with Crippen molar-refractivity contribution < 1.29 is 4.79 Å². The number of amides is 1. The molecule has 0 aliphatic rings. The van der Waals surface area contributed by atoms with Crippen molar-refractivity contribution in [3.05, 3.63) is 81.3 Å². The molecule has 0 unspecified atom stereocenters. The topological polar surface area (TPSA) is 54.4 Å². The SMILES string of the molecule is Cc1cc(C)c(NC(=O)[C@@H](C)Sc2nc3ccc(N=Cc4ccc(Br)cc4)cc3s2)c(C)c1. The summed E-state index contributed by atoms with van der Waals surface area (Å²) in [4.78, 5) is 22.1. The Balaban J connectivity index is 1.45. The largest absolute Gasteiger partial charge is 0.325 e. The van der Waals surface area contributed by atoms with Gasteiger partial charge in [-0.3, -0.25) is 9.79 Å². The van der Waals surface area contributed by atoms with Gasteiger partial charge >= 0.3 is 0 Å². The van der Waals surface area contributed by atoms with Gasteiger partial charge in [-0.05, 0) is 74.7 Å². The number of benzene rings is 3. The molecule has 1 aromatic heterocycles. The third kappa shape index (κ3) is 5.91. The zero-order chi connectivity index (χ0) is 23.5. The number of hydrogen-bond acceptors (Lipinski definition) is 5. The van der Waals surface area contributed by atoms with E-state index in [0.717, 1.165) is 47.1 Å². The molecule has 0 spiro atoms. The molecule has 1 amide bonds. The van der Waals surface area contributed by atoms with E-state index in [1.807, 2.05) is 69.5 Å². The van der Waals surface area contributed by atoms with E-state index in [1.165, 1.54) is 17.3 Å². The van der Waals surface area contributed by atoms with E-state index < -0.39 is 0 Å². The number of anilines is 1. The quantitative estimate of drug-likeness (QED) is 0.201. The number of fused-ring (bicyclic) bond motifs is 1. The zero-order valence-electron chi connectivity index (χ0n) is 18.8.